The summed E-state index contributed by atoms with van der Waals surface area (Å²) >= 11 is 3.34. The second-order valence-electron chi connectivity index (χ2n) is 4.12. The lowest BCUT2D eigenvalue weighted by molar-refractivity contribution is 0.560. The van der Waals surface area contributed by atoms with E-state index in [1.54, 1.807) is 25.1 Å². The molecule has 1 aromatic carbocycles. The molecule has 1 aromatic heterocycles. The molecule has 0 aliphatic rings. The number of nitrogens with one attached hydrogen (secondary N) is 2. The van der Waals surface area contributed by atoms with Crippen molar-refractivity contribution in [1.29, 1.82) is 0 Å². The Balaban J connectivity index is 2.25. The molecule has 2 rings (SSSR count). The molecule has 1 unspecified atom stereocenters. The van der Waals surface area contributed by atoms with Crippen LogP contribution >= 0.6 is 15.9 Å². The minimum atomic E-state index is -3.58. The summed E-state index contributed by atoms with van der Waals surface area (Å²) in [4.78, 5) is 4.15. The van der Waals surface area contributed by atoms with Crippen molar-refractivity contribution in [2.75, 3.05) is 0 Å². The Morgan fingerprint density at radius 1 is 1.42 bits per heavy atom. The topological polar surface area (TPSA) is 87.7 Å². The molecule has 8 heteroatoms. The van der Waals surface area contributed by atoms with Gasteiger partial charge in [-0.15, -0.1) is 0 Å². The Kier molecular flexibility index (Phi) is 4.02. The molecule has 0 bridgehead atoms. The second kappa shape index (κ2) is 5.40. The number of aryl methyl sites for hydroxylation is 1. The zero-order valence-electron chi connectivity index (χ0n) is 10.4. The summed E-state index contributed by atoms with van der Waals surface area (Å²) in [5.41, 5.74) is 0.857. The summed E-state index contributed by atoms with van der Waals surface area (Å²) in [6, 6.07) is 4.39. The first-order valence-electron chi connectivity index (χ1n) is 5.54. The molecule has 0 spiro atoms. The predicted molar refractivity (Wildman–Crippen MR) is 74.0 cm³/mol. The highest BCUT2D eigenvalue weighted by atomic mass is 79.9. The molecule has 2 aromatic rings. The molecule has 2 N–H and O–H groups in total. The van der Waals surface area contributed by atoms with E-state index in [4.69, 9.17) is 0 Å². The fraction of sp³-hybridized carbons (Fsp3) is 0.273. The number of hydrogen-bond donors (Lipinski definition) is 2. The highest BCUT2D eigenvalue weighted by Gasteiger charge is 2.20. The number of aromatic nitrogens is 3. The number of hydrogen-bond acceptors (Lipinski definition) is 4. The monoisotopic (exact) mass is 344 g/mol. The lowest BCUT2D eigenvalue weighted by Crippen LogP contribution is -2.27. The van der Waals surface area contributed by atoms with Crippen LogP contribution in [-0.4, -0.2) is 23.6 Å². The first-order chi connectivity index (χ1) is 8.90. The summed E-state index contributed by atoms with van der Waals surface area (Å²) in [5, 5.41) is 6.33. The molecule has 102 valence electrons. The van der Waals surface area contributed by atoms with Crippen LogP contribution in [0.3, 0.4) is 0 Å². The number of benzene rings is 1. The maximum Gasteiger partial charge on any atom is 0.241 e. The Bertz CT molecular complexity index is 670. The first kappa shape index (κ1) is 14.2. The average Bonchev–Trinajstić information content (AvgIpc) is 2.85. The highest BCUT2D eigenvalue weighted by Crippen LogP contribution is 2.21. The molecule has 0 saturated heterocycles. The van der Waals surface area contributed by atoms with Crippen LogP contribution in [0.25, 0.3) is 0 Å². The lowest BCUT2D eigenvalue weighted by Gasteiger charge is -2.12. The molecule has 6 nitrogen and oxygen atoms in total. The van der Waals surface area contributed by atoms with Gasteiger partial charge >= 0.3 is 0 Å². The number of aromatic amines is 1. The summed E-state index contributed by atoms with van der Waals surface area (Å²) < 4.78 is 27.8. The van der Waals surface area contributed by atoms with E-state index in [2.05, 4.69) is 35.8 Å². The molecule has 0 aliphatic heterocycles. The Labute approximate surface area is 119 Å². The van der Waals surface area contributed by atoms with E-state index in [1.807, 2.05) is 6.92 Å². The van der Waals surface area contributed by atoms with Crippen LogP contribution < -0.4 is 4.72 Å². The fourth-order valence-electron chi connectivity index (χ4n) is 1.56. The number of rotatable bonds is 4. The van der Waals surface area contributed by atoms with E-state index in [-0.39, 0.29) is 4.90 Å². The summed E-state index contributed by atoms with van der Waals surface area (Å²) in [7, 11) is -3.58. The summed E-state index contributed by atoms with van der Waals surface area (Å²) in [5.74, 6) is 0.470. The number of H-pyrrole nitrogens is 1. The van der Waals surface area contributed by atoms with Gasteiger partial charge in [-0.25, -0.2) is 18.1 Å². The van der Waals surface area contributed by atoms with Gasteiger partial charge in [-0.3, -0.25) is 5.10 Å². The van der Waals surface area contributed by atoms with Gasteiger partial charge in [0.2, 0.25) is 10.0 Å². The minimum absolute atomic E-state index is 0.222. The molecule has 0 radical (unpaired) electrons. The average molecular weight is 345 g/mol. The van der Waals surface area contributed by atoms with Crippen molar-refractivity contribution in [2.45, 2.75) is 24.8 Å². The SMILES string of the molecule is Cc1cc(S(=O)(=O)NC(C)c2ncn[nH]2)ccc1Br. The molecular formula is C11H13BrN4O2S. The van der Waals surface area contributed by atoms with Crippen molar-refractivity contribution in [1.82, 2.24) is 19.9 Å². The van der Waals surface area contributed by atoms with Gasteiger partial charge in [-0.1, -0.05) is 15.9 Å². The second-order valence-corrected chi connectivity index (χ2v) is 6.69. The van der Waals surface area contributed by atoms with Gasteiger partial charge in [0, 0.05) is 4.47 Å². The maximum atomic E-state index is 12.2. The molecule has 1 atom stereocenters. The number of nitrogens with zero attached hydrogens (tertiary/aromatic N) is 2. The van der Waals surface area contributed by atoms with Gasteiger partial charge < -0.3 is 0 Å². The first-order valence-corrected chi connectivity index (χ1v) is 7.81. The maximum absolute atomic E-state index is 12.2. The van der Waals surface area contributed by atoms with Crippen molar-refractivity contribution in [2.24, 2.45) is 0 Å². The largest absolute Gasteiger partial charge is 0.262 e. The van der Waals surface area contributed by atoms with E-state index in [9.17, 15) is 8.42 Å². The van der Waals surface area contributed by atoms with Crippen LogP contribution in [0.4, 0.5) is 0 Å². The van der Waals surface area contributed by atoms with Gasteiger partial charge in [-0.05, 0) is 37.6 Å². The van der Waals surface area contributed by atoms with Crippen molar-refractivity contribution < 1.29 is 8.42 Å². The normalized spacial score (nSPS) is 13.4. The quantitative estimate of drug-likeness (QED) is 0.886. The summed E-state index contributed by atoms with van der Waals surface area (Å²) in [6.07, 6.45) is 1.34. The molecule has 0 fully saturated rings. The van der Waals surface area contributed by atoms with Crippen molar-refractivity contribution in [3.63, 3.8) is 0 Å². The molecule has 1 heterocycles. The molecule has 0 aliphatic carbocycles. The third kappa shape index (κ3) is 3.20. The number of halogens is 1. The van der Waals surface area contributed by atoms with Crippen LogP contribution in [-0.2, 0) is 10.0 Å². The molecule has 0 amide bonds. The van der Waals surface area contributed by atoms with Crippen LogP contribution in [0, 0.1) is 6.92 Å². The van der Waals surface area contributed by atoms with Crippen molar-refractivity contribution in [3.05, 3.63) is 40.4 Å². The zero-order chi connectivity index (χ0) is 14.0. The molecule has 19 heavy (non-hydrogen) atoms. The Hall–Kier alpha value is -1.25. The third-order valence-corrected chi connectivity index (χ3v) is 5.04. The number of sulfonamides is 1. The van der Waals surface area contributed by atoms with Gasteiger partial charge in [0.05, 0.1) is 10.9 Å². The third-order valence-electron chi connectivity index (χ3n) is 2.62. The van der Waals surface area contributed by atoms with Crippen LogP contribution in [0.2, 0.25) is 0 Å². The highest BCUT2D eigenvalue weighted by molar-refractivity contribution is 9.10. The Morgan fingerprint density at radius 3 is 2.74 bits per heavy atom. The van der Waals surface area contributed by atoms with Crippen LogP contribution in [0.1, 0.15) is 24.4 Å². The van der Waals surface area contributed by atoms with Crippen LogP contribution in [0.5, 0.6) is 0 Å². The minimum Gasteiger partial charge on any atom is -0.262 e. The van der Waals surface area contributed by atoms with E-state index in [0.29, 0.717) is 5.82 Å². The summed E-state index contributed by atoms with van der Waals surface area (Å²) in [6.45, 7) is 3.53. The van der Waals surface area contributed by atoms with Crippen molar-refractivity contribution in [3.8, 4) is 0 Å². The van der Waals surface area contributed by atoms with Gasteiger partial charge in [0.15, 0.2) is 0 Å². The van der Waals surface area contributed by atoms with E-state index in [1.165, 1.54) is 6.33 Å². The molecular weight excluding hydrogens is 332 g/mol. The fourth-order valence-corrected chi connectivity index (χ4v) is 3.10. The lowest BCUT2D eigenvalue weighted by atomic mass is 10.2. The van der Waals surface area contributed by atoms with Crippen LogP contribution in [0.15, 0.2) is 33.9 Å². The molecule has 0 saturated carbocycles. The zero-order valence-corrected chi connectivity index (χ0v) is 12.8. The van der Waals surface area contributed by atoms with Gasteiger partial charge in [-0.2, -0.15) is 5.10 Å². The van der Waals surface area contributed by atoms with Gasteiger partial charge in [0.1, 0.15) is 12.2 Å². The standard InChI is InChI=1S/C11H13BrN4O2S/c1-7-5-9(3-4-10(7)12)19(17,18)16-8(2)11-13-6-14-15-11/h3-6,8,16H,1-2H3,(H,13,14,15). The predicted octanol–water partition coefficient (Wildman–Crippen LogP) is 1.92. The van der Waals surface area contributed by atoms with E-state index < -0.39 is 16.1 Å². The Morgan fingerprint density at radius 2 is 2.16 bits per heavy atom. The smallest absolute Gasteiger partial charge is 0.241 e. The van der Waals surface area contributed by atoms with Gasteiger partial charge in [0.25, 0.3) is 0 Å². The van der Waals surface area contributed by atoms with E-state index in [0.717, 1.165) is 10.0 Å². The van der Waals surface area contributed by atoms with Crippen molar-refractivity contribution >= 4 is 26.0 Å². The van der Waals surface area contributed by atoms with E-state index >= 15 is 0 Å².